The first-order valence-electron chi connectivity index (χ1n) is 12.7. The van der Waals surface area contributed by atoms with Crippen LogP contribution in [0, 0.1) is 11.8 Å². The van der Waals surface area contributed by atoms with Crippen LogP contribution in [0.25, 0.3) is 10.9 Å². The second-order valence-electron chi connectivity index (χ2n) is 9.19. The fourth-order valence-corrected chi connectivity index (χ4v) is 4.70. The summed E-state index contributed by atoms with van der Waals surface area (Å²) >= 11 is 0. The zero-order valence-corrected chi connectivity index (χ0v) is 20.9. The van der Waals surface area contributed by atoms with Crippen LogP contribution in [0.5, 0.6) is 5.88 Å². The lowest BCUT2D eigenvalue weighted by atomic mass is 10.00. The fourth-order valence-electron chi connectivity index (χ4n) is 4.70. The standard InChI is InChI=1S/C31H30N4O2/c1-2-32-28(36)17-13-22-12-16-26-27(20-22)34-31(37)29(26)30(24-8-4-3-5-9-24)33-25-14-10-23(11-15-25)21-35-18-6-7-19-35/h3-5,8-12,14-16,20,34,37H,2,6-7,18-19,21H2,1H3,(H,32,36). The van der Waals surface area contributed by atoms with E-state index in [1.54, 1.807) is 0 Å². The molecule has 0 aliphatic carbocycles. The average Bonchev–Trinajstić information content (AvgIpc) is 3.54. The summed E-state index contributed by atoms with van der Waals surface area (Å²) in [6, 6.07) is 23.8. The fraction of sp³-hybridized carbons (Fsp3) is 0.226. The van der Waals surface area contributed by atoms with Gasteiger partial charge in [0.25, 0.3) is 5.91 Å². The number of hydrogen-bond acceptors (Lipinski definition) is 4. The molecule has 3 N–H and O–H groups in total. The van der Waals surface area contributed by atoms with Gasteiger partial charge < -0.3 is 15.4 Å². The lowest BCUT2D eigenvalue weighted by Gasteiger charge is -2.14. The molecule has 1 aromatic heterocycles. The smallest absolute Gasteiger partial charge is 0.296 e. The van der Waals surface area contributed by atoms with Gasteiger partial charge in [0, 0.05) is 35.5 Å². The van der Waals surface area contributed by atoms with E-state index in [0.717, 1.165) is 41.8 Å². The van der Waals surface area contributed by atoms with Crippen molar-refractivity contribution in [3.8, 4) is 17.7 Å². The molecule has 6 heteroatoms. The Morgan fingerprint density at radius 2 is 1.81 bits per heavy atom. The molecular formula is C31H30N4O2. The van der Waals surface area contributed by atoms with Gasteiger partial charge in [-0.1, -0.05) is 54.5 Å². The third-order valence-corrected chi connectivity index (χ3v) is 6.50. The Balaban J connectivity index is 1.51. The molecule has 1 fully saturated rings. The minimum absolute atomic E-state index is 0.0390. The predicted octanol–water partition coefficient (Wildman–Crippen LogP) is 5.13. The molecule has 1 aliphatic heterocycles. The van der Waals surface area contributed by atoms with Crippen molar-refractivity contribution >= 4 is 28.2 Å². The van der Waals surface area contributed by atoms with Crippen LogP contribution in [-0.2, 0) is 11.3 Å². The van der Waals surface area contributed by atoms with Crippen LogP contribution in [0.4, 0.5) is 5.69 Å². The minimum atomic E-state index is -0.317. The molecule has 0 radical (unpaired) electrons. The van der Waals surface area contributed by atoms with Crippen LogP contribution < -0.4 is 5.32 Å². The molecule has 0 spiro atoms. The number of aromatic nitrogens is 1. The lowest BCUT2D eigenvalue weighted by Crippen LogP contribution is -2.20. The maximum absolute atomic E-state index is 11.7. The van der Waals surface area contributed by atoms with E-state index in [-0.39, 0.29) is 11.8 Å². The highest BCUT2D eigenvalue weighted by Crippen LogP contribution is 2.32. The maximum Gasteiger partial charge on any atom is 0.296 e. The number of benzene rings is 3. The van der Waals surface area contributed by atoms with Crippen molar-refractivity contribution in [2.45, 2.75) is 26.3 Å². The van der Waals surface area contributed by atoms with E-state index < -0.39 is 0 Å². The lowest BCUT2D eigenvalue weighted by molar-refractivity contribution is -0.115. The number of aromatic hydroxyl groups is 1. The zero-order chi connectivity index (χ0) is 25.6. The second kappa shape index (κ2) is 11.2. The summed E-state index contributed by atoms with van der Waals surface area (Å²) < 4.78 is 0. The summed E-state index contributed by atoms with van der Waals surface area (Å²) in [7, 11) is 0. The Kier molecular flexibility index (Phi) is 7.34. The number of hydrogen-bond donors (Lipinski definition) is 3. The number of aromatic amines is 1. The molecule has 2 heterocycles. The molecule has 37 heavy (non-hydrogen) atoms. The van der Waals surface area contributed by atoms with Crippen LogP contribution in [-0.4, -0.2) is 46.2 Å². The molecule has 0 atom stereocenters. The SMILES string of the molecule is CCNC(=O)C#Cc1ccc2c(C(=Nc3ccc(CN4CCCC4)cc3)c3ccccc3)c(O)[nH]c2c1. The van der Waals surface area contributed by atoms with E-state index in [9.17, 15) is 9.90 Å². The number of rotatable bonds is 6. The van der Waals surface area contributed by atoms with Crippen LogP contribution in [0.3, 0.4) is 0 Å². The number of carbonyl (C=O) groups excluding carboxylic acids is 1. The van der Waals surface area contributed by atoms with Crippen molar-refractivity contribution in [2.24, 2.45) is 4.99 Å². The molecule has 0 saturated carbocycles. The Morgan fingerprint density at radius 3 is 2.54 bits per heavy atom. The van der Waals surface area contributed by atoms with Gasteiger partial charge in [-0.15, -0.1) is 0 Å². The second-order valence-corrected chi connectivity index (χ2v) is 9.19. The average molecular weight is 491 g/mol. The molecule has 4 aromatic rings. The van der Waals surface area contributed by atoms with Crippen molar-refractivity contribution < 1.29 is 9.90 Å². The highest BCUT2D eigenvalue weighted by Gasteiger charge is 2.19. The topological polar surface area (TPSA) is 80.7 Å². The molecule has 1 aliphatic rings. The Labute approximate surface area is 217 Å². The van der Waals surface area contributed by atoms with Gasteiger partial charge in [0.2, 0.25) is 0 Å². The summed E-state index contributed by atoms with van der Waals surface area (Å²) in [5.41, 5.74) is 5.71. The largest absolute Gasteiger partial charge is 0.494 e. The van der Waals surface area contributed by atoms with Crippen LogP contribution in [0.2, 0.25) is 0 Å². The van der Waals surface area contributed by atoms with Crippen LogP contribution >= 0.6 is 0 Å². The van der Waals surface area contributed by atoms with E-state index in [1.165, 1.54) is 18.4 Å². The number of nitrogens with one attached hydrogen (secondary N) is 2. The normalized spacial score (nSPS) is 13.9. The van der Waals surface area contributed by atoms with Crippen molar-refractivity contribution in [2.75, 3.05) is 19.6 Å². The van der Waals surface area contributed by atoms with Crippen LogP contribution in [0.1, 0.15) is 42.0 Å². The van der Waals surface area contributed by atoms with E-state index in [0.29, 0.717) is 23.4 Å². The highest BCUT2D eigenvalue weighted by atomic mass is 16.3. The number of amides is 1. The summed E-state index contributed by atoms with van der Waals surface area (Å²) in [4.78, 5) is 22.3. The summed E-state index contributed by atoms with van der Waals surface area (Å²) in [5, 5.41) is 14.5. The molecule has 0 bridgehead atoms. The van der Waals surface area contributed by atoms with Gasteiger partial charge >= 0.3 is 0 Å². The Bertz CT molecular complexity index is 1490. The molecular weight excluding hydrogens is 460 g/mol. The van der Waals surface area contributed by atoms with E-state index in [2.05, 4.69) is 39.2 Å². The first kappa shape index (κ1) is 24.4. The Hall–Kier alpha value is -4.34. The molecule has 3 aromatic carbocycles. The first-order chi connectivity index (χ1) is 18.1. The predicted molar refractivity (Wildman–Crippen MR) is 148 cm³/mol. The van der Waals surface area contributed by atoms with E-state index in [1.807, 2.05) is 67.6 Å². The number of aliphatic imine (C=N–C) groups is 1. The van der Waals surface area contributed by atoms with Gasteiger partial charge in [-0.2, -0.15) is 0 Å². The third-order valence-electron chi connectivity index (χ3n) is 6.50. The molecule has 6 nitrogen and oxygen atoms in total. The van der Waals surface area contributed by atoms with Gasteiger partial charge in [0.15, 0.2) is 5.88 Å². The number of H-pyrrole nitrogens is 1. The highest BCUT2D eigenvalue weighted by molar-refractivity contribution is 6.22. The Morgan fingerprint density at radius 1 is 1.05 bits per heavy atom. The number of likely N-dealkylation sites (tertiary alicyclic amines) is 1. The first-order valence-corrected chi connectivity index (χ1v) is 12.7. The molecule has 1 saturated heterocycles. The minimum Gasteiger partial charge on any atom is -0.494 e. The number of carbonyl (C=O) groups is 1. The maximum atomic E-state index is 11.7. The van der Waals surface area contributed by atoms with Gasteiger partial charge in [0.1, 0.15) is 0 Å². The quantitative estimate of drug-likeness (QED) is 0.259. The van der Waals surface area contributed by atoms with Gasteiger partial charge in [-0.05, 0) is 62.7 Å². The number of fused-ring (bicyclic) bond motifs is 1. The van der Waals surface area contributed by atoms with E-state index >= 15 is 0 Å². The molecule has 0 unspecified atom stereocenters. The number of nitrogens with zero attached hydrogens (tertiary/aromatic N) is 2. The van der Waals surface area contributed by atoms with Crippen molar-refractivity contribution in [1.29, 1.82) is 0 Å². The zero-order valence-electron chi connectivity index (χ0n) is 20.9. The summed E-state index contributed by atoms with van der Waals surface area (Å²) in [6.07, 6.45) is 2.55. The van der Waals surface area contributed by atoms with Crippen LogP contribution in [0.15, 0.2) is 77.8 Å². The van der Waals surface area contributed by atoms with Crippen molar-refractivity contribution in [3.63, 3.8) is 0 Å². The third kappa shape index (κ3) is 5.74. The molecule has 5 rings (SSSR count). The monoisotopic (exact) mass is 490 g/mol. The van der Waals surface area contributed by atoms with Gasteiger partial charge in [-0.25, -0.2) is 4.99 Å². The van der Waals surface area contributed by atoms with Gasteiger partial charge in [0.05, 0.1) is 22.5 Å². The van der Waals surface area contributed by atoms with E-state index in [4.69, 9.17) is 4.99 Å². The van der Waals surface area contributed by atoms with Crippen molar-refractivity contribution in [1.82, 2.24) is 15.2 Å². The summed E-state index contributed by atoms with van der Waals surface area (Å²) in [6.45, 7) is 5.67. The van der Waals surface area contributed by atoms with Crippen molar-refractivity contribution in [3.05, 3.63) is 95.1 Å². The summed E-state index contributed by atoms with van der Waals surface area (Å²) in [5.74, 6) is 5.20. The molecule has 1 amide bonds. The van der Waals surface area contributed by atoms with Gasteiger partial charge in [-0.3, -0.25) is 9.69 Å². The molecule has 186 valence electrons.